The van der Waals surface area contributed by atoms with Gasteiger partial charge in [0.25, 0.3) is 11.5 Å². The zero-order chi connectivity index (χ0) is 36.8. The van der Waals surface area contributed by atoms with Gasteiger partial charge in [0.05, 0.1) is 6.20 Å². The molecule has 0 aliphatic carbocycles. The van der Waals surface area contributed by atoms with Crippen LogP contribution < -0.4 is 21.2 Å². The normalized spacial score (nSPS) is 13.1. The molecule has 0 saturated carbocycles. The van der Waals surface area contributed by atoms with Crippen molar-refractivity contribution in [2.45, 2.75) is 26.2 Å². The number of pyridine rings is 1. The third-order valence-electron chi connectivity index (χ3n) is 7.96. The summed E-state index contributed by atoms with van der Waals surface area (Å²) in [4.78, 5) is 57.7. The topological polar surface area (TPSA) is 135 Å². The Bertz CT molecular complexity index is 2220. The number of halogens is 3. The number of nitrogens with one attached hydrogen (secondary N) is 2. The van der Waals surface area contributed by atoms with Gasteiger partial charge in [-0.1, -0.05) is 60.7 Å². The molecule has 3 heterocycles. The number of hydrogen-bond donors (Lipinski definition) is 2. The van der Waals surface area contributed by atoms with E-state index in [2.05, 4.69) is 15.7 Å². The molecule has 0 fully saturated rings. The fraction of sp³-hybridized carbons (Fsp3) is 0.162. The lowest BCUT2D eigenvalue weighted by Gasteiger charge is -2.34. The van der Waals surface area contributed by atoms with Gasteiger partial charge in [-0.15, -0.1) is 0 Å². The predicted octanol–water partition coefficient (Wildman–Crippen LogP) is 5.08. The van der Waals surface area contributed by atoms with E-state index in [1.165, 1.54) is 23.0 Å². The van der Waals surface area contributed by atoms with Crippen molar-refractivity contribution in [2.75, 3.05) is 18.1 Å². The Labute approximate surface area is 294 Å². The first kappa shape index (κ1) is 35.2. The highest BCUT2D eigenvalue weighted by atomic mass is 19.1. The third kappa shape index (κ3) is 8.04. The van der Waals surface area contributed by atoms with Crippen LogP contribution in [0.4, 0.5) is 23.8 Å². The van der Waals surface area contributed by atoms with Gasteiger partial charge in [0, 0.05) is 29.9 Å². The van der Waals surface area contributed by atoms with Crippen molar-refractivity contribution < 1.29 is 37.0 Å². The van der Waals surface area contributed by atoms with Crippen LogP contribution in [0.3, 0.4) is 0 Å². The minimum absolute atomic E-state index is 0.0104. The summed E-state index contributed by atoms with van der Waals surface area (Å²) in [5.41, 5.74) is 1.97. The number of alkyl carbamates (subject to hydrolysis) is 1. The van der Waals surface area contributed by atoms with Crippen molar-refractivity contribution in [3.63, 3.8) is 0 Å². The zero-order valence-corrected chi connectivity index (χ0v) is 27.6. The van der Waals surface area contributed by atoms with E-state index in [0.29, 0.717) is 11.6 Å². The molecule has 2 amide bonds. The summed E-state index contributed by atoms with van der Waals surface area (Å²) in [5.74, 6) is -4.79. The Balaban J connectivity index is 1.23. The van der Waals surface area contributed by atoms with Crippen LogP contribution in [-0.2, 0) is 27.5 Å². The van der Waals surface area contributed by atoms with Gasteiger partial charge in [0.2, 0.25) is 0 Å². The molecular weight excluding hydrogens is 681 g/mol. The van der Waals surface area contributed by atoms with E-state index in [0.717, 1.165) is 34.4 Å². The van der Waals surface area contributed by atoms with Crippen molar-refractivity contribution in [1.29, 1.82) is 0 Å². The first-order chi connectivity index (χ1) is 25.1. The summed E-state index contributed by atoms with van der Waals surface area (Å²) in [5, 5.41) is 3.77. The average molecular weight is 713 g/mol. The fourth-order valence-electron chi connectivity index (χ4n) is 5.32. The number of aromatic nitrogens is 2. The minimum atomic E-state index is -1.04. The lowest BCUT2D eigenvalue weighted by atomic mass is 10.0. The molecule has 1 atom stereocenters. The van der Waals surface area contributed by atoms with E-state index in [4.69, 9.17) is 9.47 Å². The second-order valence-corrected chi connectivity index (χ2v) is 11.7. The van der Waals surface area contributed by atoms with Crippen LogP contribution in [0.2, 0.25) is 0 Å². The number of rotatable bonds is 10. The van der Waals surface area contributed by atoms with Gasteiger partial charge in [0.1, 0.15) is 48.8 Å². The van der Waals surface area contributed by atoms with E-state index in [1.54, 1.807) is 60.7 Å². The van der Waals surface area contributed by atoms with Crippen molar-refractivity contribution >= 4 is 29.4 Å². The quantitative estimate of drug-likeness (QED) is 0.190. The fourth-order valence-corrected chi connectivity index (χ4v) is 5.32. The minimum Gasteiger partial charge on any atom is -0.457 e. The number of fused-ring (bicyclic) bond motifs is 1. The van der Waals surface area contributed by atoms with Crippen LogP contribution in [0.1, 0.15) is 28.4 Å². The number of hydrazine groups is 1. The van der Waals surface area contributed by atoms with Crippen molar-refractivity contribution in [3.8, 4) is 11.1 Å². The van der Waals surface area contributed by atoms with E-state index in [1.807, 2.05) is 6.07 Å². The van der Waals surface area contributed by atoms with Crippen LogP contribution in [0.15, 0.2) is 108 Å². The van der Waals surface area contributed by atoms with Gasteiger partial charge < -0.3 is 19.7 Å². The molecule has 2 aromatic heterocycles. The third-order valence-corrected chi connectivity index (χ3v) is 7.96. The largest absolute Gasteiger partial charge is 0.457 e. The number of esters is 1. The number of carbonyl (C=O) groups excluding carboxylic acids is 3. The predicted molar refractivity (Wildman–Crippen MR) is 183 cm³/mol. The molecule has 0 bridgehead atoms. The number of carbonyl (C=O) groups is 3. The molecule has 0 radical (unpaired) electrons. The lowest BCUT2D eigenvalue weighted by Crippen LogP contribution is -2.53. The Morgan fingerprint density at radius 1 is 0.865 bits per heavy atom. The van der Waals surface area contributed by atoms with Crippen molar-refractivity contribution in [1.82, 2.24) is 25.1 Å². The van der Waals surface area contributed by atoms with Crippen LogP contribution in [0, 0.1) is 17.5 Å². The standard InChI is InChI=1S/C37H31F3N6O6/c1-23(41-37(50)52-21-25-11-6-3-7-12-25)34(47)43-45-16-8-15-44(22-45)33-31(40)19-46-32(42-33)28(27-14-13-26(38)17-30(27)39)18-29(35(46)48)36(49)51-20-24-9-4-2-5-10-24/h2-14,16-19,23H,15,20-22H2,1H3,(H,41,50)(H,43,47)/t23-/m0/s1. The molecule has 3 aromatic carbocycles. The van der Waals surface area contributed by atoms with Crippen LogP contribution in [-0.4, -0.2) is 51.6 Å². The molecule has 2 N–H and O–H groups in total. The number of amides is 2. The summed E-state index contributed by atoms with van der Waals surface area (Å²) >= 11 is 0. The molecule has 0 unspecified atom stereocenters. The summed E-state index contributed by atoms with van der Waals surface area (Å²) < 4.78 is 56.2. The Hall–Kier alpha value is -6.64. The molecule has 15 heteroatoms. The molecule has 6 rings (SSSR count). The van der Waals surface area contributed by atoms with Gasteiger partial charge in [-0.2, -0.15) is 0 Å². The van der Waals surface area contributed by atoms with E-state index in [-0.39, 0.29) is 49.0 Å². The molecule has 1 aliphatic heterocycles. The molecule has 266 valence electrons. The Kier molecular flexibility index (Phi) is 10.5. The van der Waals surface area contributed by atoms with Gasteiger partial charge in [-0.3, -0.25) is 24.4 Å². The molecule has 0 saturated heterocycles. The SMILES string of the molecule is C[C@H](NC(=O)OCc1ccccc1)C(=O)NN1C=CCN(c2nc3c(-c4ccc(F)cc4F)cc(C(=O)OCc4ccccc4)c(=O)n3cc2F)C1. The number of hydrogen-bond acceptors (Lipinski definition) is 9. The monoisotopic (exact) mass is 712 g/mol. The highest BCUT2D eigenvalue weighted by Gasteiger charge is 2.26. The maximum absolute atomic E-state index is 15.8. The summed E-state index contributed by atoms with van der Waals surface area (Å²) in [7, 11) is 0. The first-order valence-electron chi connectivity index (χ1n) is 16.0. The number of anilines is 1. The maximum Gasteiger partial charge on any atom is 0.408 e. The first-order valence-corrected chi connectivity index (χ1v) is 16.0. The molecule has 0 spiro atoms. The van der Waals surface area contributed by atoms with Gasteiger partial charge in [-0.25, -0.2) is 27.7 Å². The second-order valence-electron chi connectivity index (χ2n) is 11.7. The van der Waals surface area contributed by atoms with E-state index < -0.39 is 52.6 Å². The average Bonchev–Trinajstić information content (AvgIpc) is 3.14. The number of benzene rings is 3. The Morgan fingerprint density at radius 2 is 1.54 bits per heavy atom. The summed E-state index contributed by atoms with van der Waals surface area (Å²) in [6, 6.07) is 20.5. The molecule has 12 nitrogen and oxygen atoms in total. The summed E-state index contributed by atoms with van der Waals surface area (Å²) in [6.45, 7) is 1.27. The van der Waals surface area contributed by atoms with Crippen molar-refractivity contribution in [3.05, 3.63) is 148 Å². The van der Waals surface area contributed by atoms with Crippen LogP contribution in [0.5, 0.6) is 0 Å². The zero-order valence-electron chi connectivity index (χ0n) is 27.6. The molecule has 5 aromatic rings. The highest BCUT2D eigenvalue weighted by molar-refractivity contribution is 5.93. The number of nitrogens with zero attached hydrogens (tertiary/aromatic N) is 4. The van der Waals surface area contributed by atoms with Gasteiger partial charge in [-0.05, 0) is 42.3 Å². The van der Waals surface area contributed by atoms with E-state index in [9.17, 15) is 23.6 Å². The summed E-state index contributed by atoms with van der Waals surface area (Å²) in [6.07, 6.45) is 3.14. The van der Waals surface area contributed by atoms with Crippen LogP contribution in [0.25, 0.3) is 16.8 Å². The molecule has 1 aliphatic rings. The molecule has 52 heavy (non-hydrogen) atoms. The number of ether oxygens (including phenoxy) is 2. The maximum atomic E-state index is 15.8. The molecular formula is C37H31F3N6O6. The van der Waals surface area contributed by atoms with Crippen LogP contribution >= 0.6 is 0 Å². The van der Waals surface area contributed by atoms with Gasteiger partial charge >= 0.3 is 12.1 Å². The van der Waals surface area contributed by atoms with E-state index >= 15 is 8.78 Å². The highest BCUT2D eigenvalue weighted by Crippen LogP contribution is 2.30. The van der Waals surface area contributed by atoms with Gasteiger partial charge in [0.15, 0.2) is 11.6 Å². The van der Waals surface area contributed by atoms with Crippen molar-refractivity contribution in [2.24, 2.45) is 0 Å². The lowest BCUT2D eigenvalue weighted by molar-refractivity contribution is -0.126. The Morgan fingerprint density at radius 3 is 2.21 bits per heavy atom. The smallest absolute Gasteiger partial charge is 0.408 e. The second kappa shape index (κ2) is 15.5.